The molecule has 0 aromatic rings. The number of hydrogen-bond acceptors (Lipinski definition) is 5. The standard InChI is InChI=1S/C16H30O5Si2/c1-11(17)13-10-15(3)16(13,21-23(7,8)9)18-12(2)14(19-15)20-22(4,5)6/h13H,10H2,1-9H3. The number of fused-ring (bicyclic) bond motifs is 1. The fourth-order valence-corrected chi connectivity index (χ4v) is 5.23. The molecule has 0 N–H and O–H groups in total. The van der Waals surface area contributed by atoms with Gasteiger partial charge in [-0.15, -0.1) is 0 Å². The van der Waals surface area contributed by atoms with Crippen LogP contribution in [0.15, 0.2) is 11.7 Å². The second-order valence-electron chi connectivity index (χ2n) is 8.74. The Morgan fingerprint density at radius 1 is 1.13 bits per heavy atom. The van der Waals surface area contributed by atoms with Crippen molar-refractivity contribution in [2.24, 2.45) is 5.92 Å². The maximum atomic E-state index is 12.1. The van der Waals surface area contributed by atoms with Gasteiger partial charge in [0.05, 0.1) is 5.92 Å². The van der Waals surface area contributed by atoms with Gasteiger partial charge in [-0.2, -0.15) is 0 Å². The van der Waals surface area contributed by atoms with Crippen LogP contribution in [0, 0.1) is 5.92 Å². The van der Waals surface area contributed by atoms with E-state index >= 15 is 0 Å². The van der Waals surface area contributed by atoms with Crippen LogP contribution in [0.25, 0.3) is 0 Å². The molecule has 2 rings (SSSR count). The molecule has 132 valence electrons. The number of ether oxygens (including phenoxy) is 2. The Morgan fingerprint density at radius 2 is 1.70 bits per heavy atom. The number of rotatable bonds is 5. The van der Waals surface area contributed by atoms with Crippen LogP contribution < -0.4 is 0 Å². The van der Waals surface area contributed by atoms with E-state index in [2.05, 4.69) is 39.3 Å². The molecule has 0 aromatic heterocycles. The van der Waals surface area contributed by atoms with Crippen molar-refractivity contribution in [2.45, 2.75) is 77.9 Å². The molecule has 0 saturated heterocycles. The van der Waals surface area contributed by atoms with Crippen molar-refractivity contribution in [2.75, 3.05) is 0 Å². The molecule has 1 heterocycles. The summed E-state index contributed by atoms with van der Waals surface area (Å²) >= 11 is 0. The SMILES string of the molecule is CC(=O)C1CC2(C)OC(O[Si](C)(C)C)=C(C)OC12O[Si](C)(C)C. The van der Waals surface area contributed by atoms with E-state index in [9.17, 15) is 4.79 Å². The average Bonchev–Trinajstić information content (AvgIpc) is 2.29. The fraction of sp³-hybridized carbons (Fsp3) is 0.812. The molecule has 5 nitrogen and oxygen atoms in total. The largest absolute Gasteiger partial charge is 0.517 e. The maximum Gasteiger partial charge on any atom is 0.305 e. The van der Waals surface area contributed by atoms with E-state index in [1.165, 1.54) is 0 Å². The van der Waals surface area contributed by atoms with Crippen LogP contribution in [0.5, 0.6) is 0 Å². The zero-order chi connectivity index (χ0) is 17.8. The highest BCUT2D eigenvalue weighted by molar-refractivity contribution is 6.70. The summed E-state index contributed by atoms with van der Waals surface area (Å²) in [6.45, 7) is 17.9. The Hall–Kier alpha value is -0.796. The third-order valence-corrected chi connectivity index (χ3v) is 5.76. The van der Waals surface area contributed by atoms with Gasteiger partial charge in [-0.25, -0.2) is 0 Å². The van der Waals surface area contributed by atoms with Gasteiger partial charge in [0.25, 0.3) is 5.79 Å². The summed E-state index contributed by atoms with van der Waals surface area (Å²) in [7, 11) is -3.77. The minimum atomic E-state index is -1.95. The number of hydrogen-bond donors (Lipinski definition) is 0. The Balaban J connectivity index is 2.41. The quantitative estimate of drug-likeness (QED) is 0.696. The van der Waals surface area contributed by atoms with Crippen molar-refractivity contribution < 1.29 is 23.1 Å². The van der Waals surface area contributed by atoms with E-state index in [0.29, 0.717) is 18.1 Å². The number of allylic oxidation sites excluding steroid dienone is 1. The van der Waals surface area contributed by atoms with Gasteiger partial charge in [0.2, 0.25) is 8.32 Å². The van der Waals surface area contributed by atoms with E-state index in [1.807, 2.05) is 13.8 Å². The Kier molecular flexibility index (Phi) is 4.32. The predicted molar refractivity (Wildman–Crippen MR) is 93.7 cm³/mol. The first kappa shape index (κ1) is 18.5. The second-order valence-corrected chi connectivity index (χ2v) is 17.6. The van der Waals surface area contributed by atoms with E-state index in [1.54, 1.807) is 6.92 Å². The van der Waals surface area contributed by atoms with Gasteiger partial charge in [0, 0.05) is 13.3 Å². The highest BCUT2D eigenvalue weighted by Crippen LogP contribution is 2.58. The number of Topliss-reactive ketones (excluding diaryl/α,β-unsaturated/α-hetero) is 1. The first-order valence-electron chi connectivity index (χ1n) is 8.18. The van der Waals surface area contributed by atoms with Crippen molar-refractivity contribution >= 4 is 22.4 Å². The average molecular weight is 359 g/mol. The van der Waals surface area contributed by atoms with Crippen LogP contribution in [-0.4, -0.2) is 33.8 Å². The van der Waals surface area contributed by atoms with E-state index in [0.717, 1.165) is 0 Å². The fourth-order valence-electron chi connectivity index (χ4n) is 3.18. The Morgan fingerprint density at radius 3 is 2.13 bits per heavy atom. The molecule has 23 heavy (non-hydrogen) atoms. The van der Waals surface area contributed by atoms with Crippen molar-refractivity contribution in [3.63, 3.8) is 0 Å². The molecule has 0 radical (unpaired) electrons. The molecule has 1 aliphatic carbocycles. The molecular formula is C16H30O5Si2. The van der Waals surface area contributed by atoms with Gasteiger partial charge in [0.15, 0.2) is 19.7 Å². The van der Waals surface area contributed by atoms with Gasteiger partial charge < -0.3 is 18.3 Å². The second kappa shape index (κ2) is 5.35. The van der Waals surface area contributed by atoms with Gasteiger partial charge in [-0.3, -0.25) is 4.79 Å². The summed E-state index contributed by atoms with van der Waals surface area (Å²) in [4.78, 5) is 12.1. The lowest BCUT2D eigenvalue weighted by Crippen LogP contribution is -2.76. The maximum absolute atomic E-state index is 12.1. The molecule has 0 spiro atoms. The van der Waals surface area contributed by atoms with Crippen LogP contribution in [0.4, 0.5) is 0 Å². The van der Waals surface area contributed by atoms with Crippen LogP contribution in [0.2, 0.25) is 39.3 Å². The van der Waals surface area contributed by atoms with Gasteiger partial charge in [-0.1, -0.05) is 0 Å². The minimum Gasteiger partial charge on any atom is -0.517 e. The van der Waals surface area contributed by atoms with Crippen LogP contribution in [0.1, 0.15) is 27.2 Å². The zero-order valence-corrected chi connectivity index (χ0v) is 17.8. The highest BCUT2D eigenvalue weighted by atomic mass is 28.4. The Labute approximate surface area is 141 Å². The van der Waals surface area contributed by atoms with Crippen molar-refractivity contribution in [1.82, 2.24) is 0 Å². The summed E-state index contributed by atoms with van der Waals surface area (Å²) in [5.74, 6) is -0.244. The summed E-state index contributed by atoms with van der Waals surface area (Å²) in [5.41, 5.74) is -0.696. The zero-order valence-electron chi connectivity index (χ0n) is 15.8. The first-order chi connectivity index (χ1) is 10.2. The smallest absolute Gasteiger partial charge is 0.305 e. The monoisotopic (exact) mass is 358 g/mol. The summed E-state index contributed by atoms with van der Waals surface area (Å²) in [6.07, 6.45) is 0.582. The molecule has 2 aliphatic rings. The summed E-state index contributed by atoms with van der Waals surface area (Å²) in [6, 6.07) is 0. The Bertz CT molecular complexity index is 546. The lowest BCUT2D eigenvalue weighted by molar-refractivity contribution is -0.375. The lowest BCUT2D eigenvalue weighted by Gasteiger charge is -2.62. The molecule has 1 aliphatic heterocycles. The predicted octanol–water partition coefficient (Wildman–Crippen LogP) is 3.99. The normalized spacial score (nSPS) is 34.0. The molecule has 1 fully saturated rings. The molecule has 3 atom stereocenters. The molecule has 3 unspecified atom stereocenters. The van der Waals surface area contributed by atoms with Crippen LogP contribution in [-0.2, 0) is 23.1 Å². The third kappa shape index (κ3) is 3.37. The van der Waals surface area contributed by atoms with Crippen molar-refractivity contribution in [3.05, 3.63) is 11.7 Å². The number of carbonyl (C=O) groups is 1. The van der Waals surface area contributed by atoms with Crippen molar-refractivity contribution in [3.8, 4) is 0 Å². The highest BCUT2D eigenvalue weighted by Gasteiger charge is 2.73. The van der Waals surface area contributed by atoms with E-state index in [4.69, 9.17) is 18.3 Å². The minimum absolute atomic E-state index is 0.0756. The molecule has 1 saturated carbocycles. The number of carbonyl (C=O) groups excluding carboxylic acids is 1. The molecule has 0 aromatic carbocycles. The summed E-state index contributed by atoms with van der Waals surface area (Å²) in [5, 5.41) is 0. The topological polar surface area (TPSA) is 54.0 Å². The first-order valence-corrected chi connectivity index (χ1v) is 15.0. The van der Waals surface area contributed by atoms with Gasteiger partial charge in [0.1, 0.15) is 5.78 Å². The van der Waals surface area contributed by atoms with E-state index < -0.39 is 28.0 Å². The summed E-state index contributed by atoms with van der Waals surface area (Å²) < 4.78 is 24.8. The molecule has 0 amide bonds. The lowest BCUT2D eigenvalue weighted by atomic mass is 9.63. The van der Waals surface area contributed by atoms with Crippen molar-refractivity contribution in [1.29, 1.82) is 0 Å². The van der Waals surface area contributed by atoms with E-state index in [-0.39, 0.29) is 11.7 Å². The third-order valence-electron chi connectivity index (χ3n) is 4.05. The van der Waals surface area contributed by atoms with Crippen LogP contribution in [0.3, 0.4) is 0 Å². The van der Waals surface area contributed by atoms with Gasteiger partial charge >= 0.3 is 5.95 Å². The molecule has 7 heteroatoms. The van der Waals surface area contributed by atoms with Gasteiger partial charge in [-0.05, 0) is 53.1 Å². The van der Waals surface area contributed by atoms with Crippen LogP contribution >= 0.6 is 0 Å². The molecular weight excluding hydrogens is 328 g/mol. The molecule has 0 bridgehead atoms. The number of ketones is 1.